The van der Waals surface area contributed by atoms with Gasteiger partial charge in [-0.05, 0) is 56.9 Å². The van der Waals surface area contributed by atoms with Crippen molar-refractivity contribution in [3.8, 4) is 0 Å². The number of hydrogen-bond acceptors (Lipinski definition) is 13. The minimum atomic E-state index is -1.70. The van der Waals surface area contributed by atoms with E-state index in [2.05, 4.69) is 31.9 Å². The average Bonchev–Trinajstić information content (AvgIpc) is 3.13. The molecule has 1 saturated heterocycles. The smallest absolute Gasteiger partial charge is 0.326 e. The summed E-state index contributed by atoms with van der Waals surface area (Å²) in [6, 6.07) is -3.50. The third kappa shape index (κ3) is 15.3. The van der Waals surface area contributed by atoms with Gasteiger partial charge in [-0.25, -0.2) is 4.79 Å². The number of amides is 6. The van der Waals surface area contributed by atoms with Crippen LogP contribution in [0.2, 0.25) is 0 Å². The molecular weight excluding hydrogens is 756 g/mol. The van der Waals surface area contributed by atoms with E-state index in [0.717, 1.165) is 12.8 Å². The second-order valence-electron chi connectivity index (χ2n) is 13.9. The van der Waals surface area contributed by atoms with Crippen molar-refractivity contribution in [2.24, 2.45) is 11.7 Å². The molecule has 0 unspecified atom stereocenters. The molecule has 1 fully saturated rings. The number of carbonyl (C=O) groups excluding carboxylic acids is 6. The molecule has 0 spiro atoms. The summed E-state index contributed by atoms with van der Waals surface area (Å²) in [6.45, 7) is 5.58. The SMILES string of the molecule is CC(C)[C@H](NC(=O)[C@@H](NC(=O)[C@@H]1CSCCCCCC(=O)N[C@@H](CCN)C(=O)N1)[C@@H](C)O)C(=O)N[C@H](C(=O)N[C@@H](Cc1ccc([N+](=O)[O-])cc1)C(=O)O)[C@@H](C)O. The molecule has 2 rings (SSSR count). The molecule has 6 amide bonds. The molecule has 0 aliphatic carbocycles. The molecule has 1 heterocycles. The van der Waals surface area contributed by atoms with Crippen molar-refractivity contribution in [3.05, 3.63) is 39.9 Å². The Kier molecular flexibility index (Phi) is 19.6. The van der Waals surface area contributed by atoms with Crippen LogP contribution in [-0.2, 0) is 40.0 Å². The van der Waals surface area contributed by atoms with Gasteiger partial charge in [-0.2, -0.15) is 11.8 Å². The monoisotopic (exact) mass is 810 g/mol. The van der Waals surface area contributed by atoms with E-state index in [-0.39, 0.29) is 43.2 Å². The summed E-state index contributed by atoms with van der Waals surface area (Å²) in [6.07, 6.45) is -0.875. The molecule has 1 aromatic carbocycles. The van der Waals surface area contributed by atoms with Crippen molar-refractivity contribution in [2.75, 3.05) is 18.1 Å². The minimum absolute atomic E-state index is 0.0780. The van der Waals surface area contributed by atoms with Crippen LogP contribution in [0.5, 0.6) is 0 Å². The van der Waals surface area contributed by atoms with Gasteiger partial charge in [-0.15, -0.1) is 0 Å². The number of carboxylic acid groups (broad SMARTS) is 1. The number of nitro groups is 1. The molecule has 0 aromatic heterocycles. The number of rotatable bonds is 17. The first-order valence-electron chi connectivity index (χ1n) is 18.3. The fourth-order valence-corrected chi connectivity index (χ4v) is 6.61. The Morgan fingerprint density at radius 2 is 1.45 bits per heavy atom. The summed E-state index contributed by atoms with van der Waals surface area (Å²) in [5.41, 5.74) is 5.77. The summed E-state index contributed by atoms with van der Waals surface area (Å²) in [5.74, 6) is -6.22. The third-order valence-corrected chi connectivity index (χ3v) is 9.94. The quantitative estimate of drug-likeness (QED) is 0.0614. The normalized spacial score (nSPS) is 20.1. The number of carboxylic acids is 1. The second kappa shape index (κ2) is 23.3. The van der Waals surface area contributed by atoms with Crippen molar-refractivity contribution in [2.45, 2.75) is 115 Å². The highest BCUT2D eigenvalue weighted by Gasteiger charge is 2.37. The maximum Gasteiger partial charge on any atom is 0.326 e. The third-order valence-electron chi connectivity index (χ3n) is 8.79. The maximum absolute atomic E-state index is 13.6. The van der Waals surface area contributed by atoms with Gasteiger partial charge >= 0.3 is 5.97 Å². The van der Waals surface area contributed by atoms with E-state index in [1.165, 1.54) is 49.9 Å². The molecule has 21 heteroatoms. The van der Waals surface area contributed by atoms with Crippen molar-refractivity contribution >= 4 is 58.9 Å². The summed E-state index contributed by atoms with van der Waals surface area (Å²) < 4.78 is 0. The summed E-state index contributed by atoms with van der Waals surface area (Å²) in [4.78, 5) is 102. The van der Waals surface area contributed by atoms with Crippen LogP contribution >= 0.6 is 11.8 Å². The Balaban J connectivity index is 2.20. The van der Waals surface area contributed by atoms with E-state index in [9.17, 15) is 59.0 Å². The lowest BCUT2D eigenvalue weighted by atomic mass is 10.0. The second-order valence-corrected chi connectivity index (χ2v) is 15.0. The van der Waals surface area contributed by atoms with E-state index in [1.54, 1.807) is 13.8 Å². The van der Waals surface area contributed by atoms with Crippen molar-refractivity contribution in [3.63, 3.8) is 0 Å². The molecule has 0 saturated carbocycles. The van der Waals surface area contributed by atoms with Crippen LogP contribution in [0.3, 0.4) is 0 Å². The number of nitrogens with two attached hydrogens (primary N) is 1. The van der Waals surface area contributed by atoms with E-state index < -0.39 is 94.8 Å². The van der Waals surface area contributed by atoms with Crippen LogP contribution in [0.4, 0.5) is 5.69 Å². The van der Waals surface area contributed by atoms with Crippen LogP contribution in [0.1, 0.15) is 65.4 Å². The molecule has 20 nitrogen and oxygen atoms in total. The van der Waals surface area contributed by atoms with E-state index in [4.69, 9.17) is 5.73 Å². The number of carbonyl (C=O) groups is 7. The highest BCUT2D eigenvalue weighted by atomic mass is 32.2. The zero-order valence-electron chi connectivity index (χ0n) is 31.8. The Morgan fingerprint density at radius 1 is 0.875 bits per heavy atom. The number of aliphatic hydroxyl groups excluding tert-OH is 2. The zero-order chi connectivity index (χ0) is 42.1. The standard InChI is InChI=1S/C35H54N8O12S/c1-18(2)27(32(49)42-28(19(3)44)33(50)38-24(35(52)53)16-21-9-11-22(12-10-21)43(54)55)40-34(51)29(20(4)45)41-31(48)25-17-56-15-7-5-6-8-26(46)37-23(13-14-36)30(47)39-25/h9-12,18-20,23-25,27-29,44-45H,5-8,13-17,36H2,1-4H3,(H,37,46)(H,38,50)(H,39,47)(H,40,51)(H,41,48)(H,42,49)(H,52,53)/t19-,20-,23+,24+,25+,27+,28+,29+/m1/s1. The predicted molar refractivity (Wildman–Crippen MR) is 204 cm³/mol. The van der Waals surface area contributed by atoms with Gasteiger partial charge in [0.25, 0.3) is 5.69 Å². The van der Waals surface area contributed by atoms with Gasteiger partial charge in [0, 0.05) is 30.7 Å². The largest absolute Gasteiger partial charge is 0.480 e. The number of nitrogens with zero attached hydrogens (tertiary/aromatic N) is 1. The molecule has 1 aromatic rings. The lowest BCUT2D eigenvalue weighted by Crippen LogP contribution is -2.63. The summed E-state index contributed by atoms with van der Waals surface area (Å²) in [5, 5.41) is 56.4. The molecule has 0 radical (unpaired) electrons. The number of nitro benzene ring substituents is 1. The van der Waals surface area contributed by atoms with E-state index >= 15 is 0 Å². The fourth-order valence-electron chi connectivity index (χ4n) is 5.56. The van der Waals surface area contributed by atoms with Gasteiger partial charge in [-0.1, -0.05) is 32.4 Å². The van der Waals surface area contributed by atoms with Gasteiger partial charge in [0.15, 0.2) is 0 Å². The van der Waals surface area contributed by atoms with Crippen LogP contribution in [0.15, 0.2) is 24.3 Å². The van der Waals surface area contributed by atoms with Crippen molar-refractivity contribution in [1.82, 2.24) is 31.9 Å². The molecule has 8 atom stereocenters. The molecular formula is C35H54N8O12S. The van der Waals surface area contributed by atoms with Crippen molar-refractivity contribution < 1.29 is 53.8 Å². The van der Waals surface area contributed by atoms with Gasteiger partial charge in [0.1, 0.15) is 36.3 Å². The van der Waals surface area contributed by atoms with Crippen LogP contribution < -0.4 is 37.6 Å². The van der Waals surface area contributed by atoms with Crippen LogP contribution in [-0.4, -0.2) is 128 Å². The first-order chi connectivity index (χ1) is 26.4. The number of non-ortho nitro benzene ring substituents is 1. The van der Waals surface area contributed by atoms with Crippen molar-refractivity contribution in [1.29, 1.82) is 0 Å². The minimum Gasteiger partial charge on any atom is -0.480 e. The summed E-state index contributed by atoms with van der Waals surface area (Å²) >= 11 is 1.38. The highest BCUT2D eigenvalue weighted by Crippen LogP contribution is 2.15. The number of aliphatic hydroxyl groups is 2. The van der Waals surface area contributed by atoms with Gasteiger partial charge in [0.2, 0.25) is 35.4 Å². The number of aliphatic carboxylic acids is 1. The van der Waals surface area contributed by atoms with E-state index in [1.807, 2.05) is 0 Å². The fraction of sp³-hybridized carbons (Fsp3) is 0.629. The molecule has 312 valence electrons. The molecule has 1 aliphatic rings. The Labute approximate surface area is 328 Å². The van der Waals surface area contributed by atoms with Gasteiger partial charge < -0.3 is 53.0 Å². The first-order valence-corrected chi connectivity index (χ1v) is 19.4. The number of benzene rings is 1. The zero-order valence-corrected chi connectivity index (χ0v) is 32.6. The lowest BCUT2D eigenvalue weighted by molar-refractivity contribution is -0.384. The molecule has 11 N–H and O–H groups in total. The topological polar surface area (TPSA) is 322 Å². The molecule has 56 heavy (non-hydrogen) atoms. The average molecular weight is 811 g/mol. The Bertz CT molecular complexity index is 1540. The lowest BCUT2D eigenvalue weighted by Gasteiger charge is -2.30. The molecule has 1 aliphatic heterocycles. The predicted octanol–water partition coefficient (Wildman–Crippen LogP) is -1.80. The number of thioether (sulfide) groups is 1. The van der Waals surface area contributed by atoms with Crippen LogP contribution in [0.25, 0.3) is 0 Å². The van der Waals surface area contributed by atoms with Gasteiger partial charge in [0.05, 0.1) is 17.1 Å². The number of hydrogen-bond donors (Lipinski definition) is 10. The van der Waals surface area contributed by atoms with Crippen LogP contribution in [0, 0.1) is 16.0 Å². The van der Waals surface area contributed by atoms with E-state index in [0.29, 0.717) is 17.7 Å². The number of nitrogens with one attached hydrogen (secondary N) is 6. The molecule has 0 bridgehead atoms. The summed E-state index contributed by atoms with van der Waals surface area (Å²) in [7, 11) is 0. The maximum atomic E-state index is 13.6. The Hall–Kier alpha value is -4.86. The first kappa shape index (κ1) is 47.3. The van der Waals surface area contributed by atoms with Gasteiger partial charge in [-0.3, -0.25) is 38.9 Å². The Morgan fingerprint density at radius 3 is 2.00 bits per heavy atom. The highest BCUT2D eigenvalue weighted by molar-refractivity contribution is 7.99.